The van der Waals surface area contributed by atoms with E-state index in [-0.39, 0.29) is 18.6 Å². The van der Waals surface area contributed by atoms with E-state index in [1.807, 2.05) is 59.6 Å². The molecule has 1 fully saturated rings. The van der Waals surface area contributed by atoms with E-state index in [2.05, 4.69) is 4.98 Å². The molecule has 0 unspecified atom stereocenters. The van der Waals surface area contributed by atoms with Gasteiger partial charge in [0.15, 0.2) is 0 Å². The average Bonchev–Trinajstić information content (AvgIpc) is 3.44. The van der Waals surface area contributed by atoms with E-state index in [0.29, 0.717) is 23.9 Å². The molecule has 140 valence electrons. The molecular weight excluding hydrogens is 360 g/mol. The van der Waals surface area contributed by atoms with Gasteiger partial charge in [-0.3, -0.25) is 4.79 Å². The first kappa shape index (κ1) is 18.1. The van der Waals surface area contributed by atoms with Crippen LogP contribution >= 0.6 is 11.6 Å². The Kier molecular flexibility index (Phi) is 5.19. The van der Waals surface area contributed by atoms with Crippen molar-refractivity contribution < 1.29 is 9.90 Å². The molecule has 0 bridgehead atoms. The molecule has 1 amide bonds. The van der Waals surface area contributed by atoms with Gasteiger partial charge in [-0.25, -0.2) is 0 Å². The van der Waals surface area contributed by atoms with Crippen LogP contribution in [-0.4, -0.2) is 33.5 Å². The van der Waals surface area contributed by atoms with Gasteiger partial charge in [-0.05, 0) is 42.0 Å². The fourth-order valence-electron chi connectivity index (χ4n) is 3.72. The number of aromatic amines is 1. The maximum atomic E-state index is 13.2. The van der Waals surface area contributed by atoms with Gasteiger partial charge in [0.2, 0.25) is 5.91 Å². The Balaban J connectivity index is 1.59. The molecule has 5 heteroatoms. The lowest BCUT2D eigenvalue weighted by Gasteiger charge is -2.31. The second kappa shape index (κ2) is 7.75. The molecule has 0 radical (unpaired) electrons. The predicted octanol–water partition coefficient (Wildman–Crippen LogP) is 4.16. The number of amides is 1. The normalized spacial score (nSPS) is 15.0. The van der Waals surface area contributed by atoms with E-state index in [1.54, 1.807) is 0 Å². The number of nitrogens with zero attached hydrogens (tertiary/aromatic N) is 1. The van der Waals surface area contributed by atoms with Crippen molar-refractivity contribution in [1.82, 2.24) is 9.88 Å². The fraction of sp³-hybridized carbons (Fsp3) is 0.318. The molecule has 2 aromatic carbocycles. The van der Waals surface area contributed by atoms with Crippen molar-refractivity contribution in [1.29, 1.82) is 0 Å². The number of carbonyl (C=O) groups excluding carboxylic acids is 1. The molecule has 4 rings (SSSR count). The summed E-state index contributed by atoms with van der Waals surface area (Å²) in [6.07, 6.45) is 4.34. The zero-order chi connectivity index (χ0) is 18.8. The zero-order valence-electron chi connectivity index (χ0n) is 15.1. The van der Waals surface area contributed by atoms with Crippen LogP contribution in [0.25, 0.3) is 10.9 Å². The first-order chi connectivity index (χ1) is 13.2. The topological polar surface area (TPSA) is 56.3 Å². The number of halogens is 1. The largest absolute Gasteiger partial charge is 0.394 e. The summed E-state index contributed by atoms with van der Waals surface area (Å²) in [4.78, 5) is 18.3. The zero-order valence-corrected chi connectivity index (χ0v) is 15.8. The highest BCUT2D eigenvalue weighted by Crippen LogP contribution is 2.36. The number of carbonyl (C=O) groups is 1. The highest BCUT2D eigenvalue weighted by Gasteiger charge is 2.37. The molecule has 1 aromatic heterocycles. The van der Waals surface area contributed by atoms with Crippen molar-refractivity contribution in [3.8, 4) is 0 Å². The number of benzene rings is 2. The smallest absolute Gasteiger partial charge is 0.227 e. The van der Waals surface area contributed by atoms with Crippen LogP contribution in [0, 0.1) is 5.92 Å². The van der Waals surface area contributed by atoms with Crippen LogP contribution in [0.2, 0.25) is 5.02 Å². The Bertz CT molecular complexity index is 934. The van der Waals surface area contributed by atoms with E-state index in [1.165, 1.54) is 0 Å². The standard InChI is InChI=1S/C22H23ClN2O2/c23-18-8-9-19-17(12-24-20(19)11-18)10-22(27)25(21(14-26)16-6-7-16)13-15-4-2-1-3-5-15/h1-5,8-9,11-12,16,21,24,26H,6-7,10,13-14H2/t21-/m0/s1. The third kappa shape index (κ3) is 4.02. The van der Waals surface area contributed by atoms with Gasteiger partial charge in [0.25, 0.3) is 0 Å². The maximum absolute atomic E-state index is 13.2. The molecular formula is C22H23ClN2O2. The highest BCUT2D eigenvalue weighted by atomic mass is 35.5. The molecule has 1 aliphatic rings. The number of aromatic nitrogens is 1. The quantitative estimate of drug-likeness (QED) is 0.644. The summed E-state index contributed by atoms with van der Waals surface area (Å²) >= 11 is 6.05. The number of hydrogen-bond acceptors (Lipinski definition) is 2. The lowest BCUT2D eigenvalue weighted by molar-refractivity contribution is -0.135. The summed E-state index contributed by atoms with van der Waals surface area (Å²) < 4.78 is 0. The Morgan fingerprint density at radius 3 is 2.70 bits per heavy atom. The van der Waals surface area contributed by atoms with Gasteiger partial charge in [0, 0.05) is 28.7 Å². The molecule has 1 atom stereocenters. The van der Waals surface area contributed by atoms with Crippen LogP contribution in [0.15, 0.2) is 54.7 Å². The molecule has 3 aromatic rings. The molecule has 27 heavy (non-hydrogen) atoms. The summed E-state index contributed by atoms with van der Waals surface area (Å²) in [6.45, 7) is 0.530. The van der Waals surface area contributed by atoms with Gasteiger partial charge < -0.3 is 15.0 Å². The number of fused-ring (bicyclic) bond motifs is 1. The minimum atomic E-state index is -0.114. The summed E-state index contributed by atoms with van der Waals surface area (Å²) in [5.74, 6) is 0.449. The van der Waals surface area contributed by atoms with Crippen LogP contribution < -0.4 is 0 Å². The van der Waals surface area contributed by atoms with E-state index in [4.69, 9.17) is 11.6 Å². The van der Waals surface area contributed by atoms with Crippen LogP contribution in [0.5, 0.6) is 0 Å². The number of nitrogens with one attached hydrogen (secondary N) is 1. The molecule has 1 saturated carbocycles. The fourth-order valence-corrected chi connectivity index (χ4v) is 3.89. The molecule has 0 aliphatic heterocycles. The summed E-state index contributed by atoms with van der Waals surface area (Å²) in [5, 5.41) is 11.6. The first-order valence-electron chi connectivity index (χ1n) is 9.35. The second-order valence-electron chi connectivity index (χ2n) is 7.28. The first-order valence-corrected chi connectivity index (χ1v) is 9.73. The Labute approximate surface area is 163 Å². The van der Waals surface area contributed by atoms with Crippen molar-refractivity contribution in [3.05, 3.63) is 70.9 Å². The second-order valence-corrected chi connectivity index (χ2v) is 7.71. The van der Waals surface area contributed by atoms with Crippen LogP contribution in [-0.2, 0) is 17.8 Å². The van der Waals surface area contributed by atoms with Crippen molar-refractivity contribution in [2.75, 3.05) is 6.61 Å². The molecule has 1 aliphatic carbocycles. The summed E-state index contributed by atoms with van der Waals surface area (Å²) in [7, 11) is 0. The molecule has 4 nitrogen and oxygen atoms in total. The summed E-state index contributed by atoms with van der Waals surface area (Å²) in [6, 6.07) is 15.5. The molecule has 1 heterocycles. The van der Waals surface area contributed by atoms with Gasteiger partial charge in [0.1, 0.15) is 0 Å². The van der Waals surface area contributed by atoms with Crippen LogP contribution in [0.3, 0.4) is 0 Å². The van der Waals surface area contributed by atoms with Crippen molar-refractivity contribution in [2.45, 2.75) is 31.8 Å². The number of rotatable bonds is 7. The minimum Gasteiger partial charge on any atom is -0.394 e. The average molecular weight is 383 g/mol. The maximum Gasteiger partial charge on any atom is 0.227 e. The lowest BCUT2D eigenvalue weighted by atomic mass is 10.1. The van der Waals surface area contributed by atoms with Crippen molar-refractivity contribution >= 4 is 28.4 Å². The predicted molar refractivity (Wildman–Crippen MR) is 108 cm³/mol. The molecule has 2 N–H and O–H groups in total. The molecule has 0 saturated heterocycles. The lowest BCUT2D eigenvalue weighted by Crippen LogP contribution is -2.44. The highest BCUT2D eigenvalue weighted by molar-refractivity contribution is 6.31. The van der Waals surface area contributed by atoms with E-state index in [9.17, 15) is 9.90 Å². The van der Waals surface area contributed by atoms with E-state index in [0.717, 1.165) is 34.9 Å². The van der Waals surface area contributed by atoms with Gasteiger partial charge in [-0.15, -0.1) is 0 Å². The van der Waals surface area contributed by atoms with E-state index >= 15 is 0 Å². The van der Waals surface area contributed by atoms with Crippen molar-refractivity contribution in [3.63, 3.8) is 0 Å². The number of hydrogen-bond donors (Lipinski definition) is 2. The third-order valence-corrected chi connectivity index (χ3v) is 5.58. The van der Waals surface area contributed by atoms with Crippen LogP contribution in [0.1, 0.15) is 24.0 Å². The van der Waals surface area contributed by atoms with Gasteiger partial charge in [0.05, 0.1) is 19.1 Å². The van der Waals surface area contributed by atoms with E-state index < -0.39 is 0 Å². The number of H-pyrrole nitrogens is 1. The molecule has 0 spiro atoms. The Morgan fingerprint density at radius 2 is 2.00 bits per heavy atom. The monoisotopic (exact) mass is 382 g/mol. The van der Waals surface area contributed by atoms with Crippen LogP contribution in [0.4, 0.5) is 0 Å². The third-order valence-electron chi connectivity index (χ3n) is 5.34. The Morgan fingerprint density at radius 1 is 1.22 bits per heavy atom. The Hall–Kier alpha value is -2.30. The SMILES string of the molecule is O=C(Cc1c[nH]c2cc(Cl)ccc12)N(Cc1ccccc1)[C@@H](CO)C1CC1. The van der Waals surface area contributed by atoms with Gasteiger partial charge in [-0.1, -0.05) is 48.0 Å². The minimum absolute atomic E-state index is 0.00668. The summed E-state index contributed by atoms with van der Waals surface area (Å²) in [5.41, 5.74) is 2.97. The van der Waals surface area contributed by atoms with Gasteiger partial charge >= 0.3 is 0 Å². The number of aliphatic hydroxyl groups is 1. The van der Waals surface area contributed by atoms with Gasteiger partial charge in [-0.2, -0.15) is 0 Å². The number of aliphatic hydroxyl groups excluding tert-OH is 1. The van der Waals surface area contributed by atoms with Crippen molar-refractivity contribution in [2.24, 2.45) is 5.92 Å².